The van der Waals surface area contributed by atoms with Crippen molar-refractivity contribution < 1.29 is 4.79 Å². The largest absolute Gasteiger partial charge is 0.346 e. The van der Waals surface area contributed by atoms with Gasteiger partial charge in [-0.15, -0.1) is 5.10 Å². The Morgan fingerprint density at radius 1 is 1.15 bits per heavy atom. The van der Waals surface area contributed by atoms with Crippen molar-refractivity contribution in [3.05, 3.63) is 66.1 Å². The van der Waals surface area contributed by atoms with Crippen LogP contribution >= 0.6 is 11.3 Å². The van der Waals surface area contributed by atoms with Crippen molar-refractivity contribution in [2.45, 2.75) is 13.0 Å². The van der Waals surface area contributed by atoms with E-state index in [9.17, 15) is 4.79 Å². The summed E-state index contributed by atoms with van der Waals surface area (Å²) in [5, 5.41) is 14.5. The van der Waals surface area contributed by atoms with Crippen molar-refractivity contribution in [2.75, 3.05) is 0 Å². The van der Waals surface area contributed by atoms with E-state index in [0.29, 0.717) is 11.1 Å². The molecular weight excluding hydrogens is 436 g/mol. The fourth-order valence-corrected chi connectivity index (χ4v) is 4.82. The molecule has 0 radical (unpaired) electrons. The lowest BCUT2D eigenvalue weighted by molar-refractivity contribution is 0.0940. The number of amides is 1. The Morgan fingerprint density at radius 3 is 2.97 bits per heavy atom. The number of aryl methyl sites for hydroxylation is 1. The summed E-state index contributed by atoms with van der Waals surface area (Å²) in [6, 6.07) is 13.2. The standard InChI is InChI=1S/C23H18N8OS/c1-12(26-21(32)14-6-7-16-17(9-14)29-30-28-16)13-4-3-5-15(8-13)22-27-19-20-18(25-11-31(20)2)10-24-23(19)33-22/h3-12H,1-2H3,(H,26,32)(H,28,29,30)/t12-/m0/s1. The molecule has 1 amide bonds. The molecule has 2 N–H and O–H groups in total. The Bertz CT molecular complexity index is 1660. The number of aromatic amines is 1. The third-order valence-electron chi connectivity index (χ3n) is 5.67. The van der Waals surface area contributed by atoms with Gasteiger partial charge in [-0.05, 0) is 36.8 Å². The smallest absolute Gasteiger partial charge is 0.251 e. The summed E-state index contributed by atoms with van der Waals surface area (Å²) < 4.78 is 1.97. The number of benzene rings is 2. The Hall–Kier alpha value is -4.18. The predicted molar refractivity (Wildman–Crippen MR) is 127 cm³/mol. The molecule has 9 nitrogen and oxygen atoms in total. The fourth-order valence-electron chi connectivity index (χ4n) is 3.92. The molecule has 2 aromatic carbocycles. The van der Waals surface area contributed by atoms with Gasteiger partial charge in [0.2, 0.25) is 0 Å². The summed E-state index contributed by atoms with van der Waals surface area (Å²) in [6.07, 6.45) is 3.56. The maximum atomic E-state index is 12.8. The minimum absolute atomic E-state index is 0.166. The molecule has 4 heterocycles. The second-order valence-corrected chi connectivity index (χ2v) is 8.86. The van der Waals surface area contributed by atoms with Crippen LogP contribution in [0.25, 0.3) is 43.0 Å². The summed E-state index contributed by atoms with van der Waals surface area (Å²) in [7, 11) is 1.96. The van der Waals surface area contributed by atoms with Gasteiger partial charge < -0.3 is 9.88 Å². The van der Waals surface area contributed by atoms with Gasteiger partial charge in [0.25, 0.3) is 5.91 Å². The molecule has 33 heavy (non-hydrogen) atoms. The summed E-state index contributed by atoms with van der Waals surface area (Å²) in [5.74, 6) is -0.166. The van der Waals surface area contributed by atoms with Crippen LogP contribution in [0.15, 0.2) is 55.0 Å². The second-order valence-electron chi connectivity index (χ2n) is 7.88. The zero-order valence-corrected chi connectivity index (χ0v) is 18.6. The zero-order chi connectivity index (χ0) is 22.5. The van der Waals surface area contributed by atoms with E-state index in [1.807, 2.05) is 36.7 Å². The quantitative estimate of drug-likeness (QED) is 0.416. The van der Waals surface area contributed by atoms with Crippen LogP contribution in [-0.2, 0) is 7.05 Å². The minimum Gasteiger partial charge on any atom is -0.346 e. The van der Waals surface area contributed by atoms with E-state index >= 15 is 0 Å². The van der Waals surface area contributed by atoms with Crippen LogP contribution in [0.5, 0.6) is 0 Å². The Labute approximate surface area is 191 Å². The normalized spacial score (nSPS) is 12.5. The monoisotopic (exact) mass is 454 g/mol. The predicted octanol–water partition coefficient (Wildman–Crippen LogP) is 4.01. The SMILES string of the molecule is C[C@H](NC(=O)c1ccc2[nH]nnc2c1)c1cccc(-c2nc3c(ncc4ncn(C)c43)s2)c1. The molecule has 0 aliphatic carbocycles. The molecular formula is C23H18N8OS. The number of aromatic nitrogens is 7. The number of pyridine rings is 1. The average molecular weight is 455 g/mol. The van der Waals surface area contributed by atoms with Crippen LogP contribution in [0, 0.1) is 0 Å². The molecule has 1 atom stereocenters. The first-order valence-electron chi connectivity index (χ1n) is 10.4. The number of thiazole rings is 1. The molecule has 0 aliphatic rings. The summed E-state index contributed by atoms with van der Waals surface area (Å²) in [6.45, 7) is 1.96. The van der Waals surface area contributed by atoms with E-state index < -0.39 is 0 Å². The van der Waals surface area contributed by atoms with Crippen molar-refractivity contribution in [1.29, 1.82) is 0 Å². The van der Waals surface area contributed by atoms with Crippen molar-refractivity contribution in [3.63, 3.8) is 0 Å². The number of fused-ring (bicyclic) bond motifs is 4. The van der Waals surface area contributed by atoms with Crippen molar-refractivity contribution in [2.24, 2.45) is 7.05 Å². The summed E-state index contributed by atoms with van der Waals surface area (Å²) in [5.41, 5.74) is 6.61. The minimum atomic E-state index is -0.193. The van der Waals surface area contributed by atoms with E-state index in [2.05, 4.69) is 36.8 Å². The van der Waals surface area contributed by atoms with Crippen LogP contribution in [0.3, 0.4) is 0 Å². The number of carbonyl (C=O) groups is 1. The van der Waals surface area contributed by atoms with Gasteiger partial charge in [0.1, 0.15) is 26.4 Å². The number of hydrogen-bond acceptors (Lipinski definition) is 7. The highest BCUT2D eigenvalue weighted by molar-refractivity contribution is 7.21. The number of imidazole rings is 1. The first-order valence-corrected chi connectivity index (χ1v) is 11.2. The molecule has 162 valence electrons. The van der Waals surface area contributed by atoms with Gasteiger partial charge in [-0.2, -0.15) is 0 Å². The topological polar surface area (TPSA) is 114 Å². The molecule has 0 fully saturated rings. The molecule has 0 spiro atoms. The Morgan fingerprint density at radius 2 is 2.06 bits per heavy atom. The molecule has 0 aliphatic heterocycles. The van der Waals surface area contributed by atoms with Crippen LogP contribution in [0.2, 0.25) is 0 Å². The van der Waals surface area contributed by atoms with E-state index in [1.54, 1.807) is 42.1 Å². The van der Waals surface area contributed by atoms with Crippen LogP contribution in [0.4, 0.5) is 0 Å². The average Bonchev–Trinajstić information content (AvgIpc) is 3.56. The molecule has 4 aromatic heterocycles. The van der Waals surface area contributed by atoms with Gasteiger partial charge in [0.15, 0.2) is 0 Å². The summed E-state index contributed by atoms with van der Waals surface area (Å²) >= 11 is 1.54. The lowest BCUT2D eigenvalue weighted by atomic mass is 10.0. The van der Waals surface area contributed by atoms with Gasteiger partial charge in [-0.25, -0.2) is 15.0 Å². The number of hydrogen-bond donors (Lipinski definition) is 2. The van der Waals surface area contributed by atoms with Crippen LogP contribution in [0.1, 0.15) is 28.9 Å². The van der Waals surface area contributed by atoms with E-state index in [-0.39, 0.29) is 11.9 Å². The lowest BCUT2D eigenvalue weighted by Gasteiger charge is -2.15. The second kappa shape index (κ2) is 7.45. The Kier molecular flexibility index (Phi) is 4.40. The van der Waals surface area contributed by atoms with Crippen LogP contribution in [-0.4, -0.2) is 40.8 Å². The van der Waals surface area contributed by atoms with Gasteiger partial charge >= 0.3 is 0 Å². The maximum absolute atomic E-state index is 12.8. The summed E-state index contributed by atoms with van der Waals surface area (Å²) in [4.78, 5) is 27.4. The molecule has 6 rings (SSSR count). The molecule has 0 bridgehead atoms. The van der Waals surface area contributed by atoms with E-state index in [1.165, 1.54) is 0 Å². The third-order valence-corrected chi connectivity index (χ3v) is 6.68. The van der Waals surface area contributed by atoms with E-state index in [4.69, 9.17) is 4.98 Å². The fraction of sp³-hybridized carbons (Fsp3) is 0.130. The molecule has 10 heteroatoms. The molecule has 0 saturated heterocycles. The van der Waals surface area contributed by atoms with Gasteiger partial charge in [-0.1, -0.05) is 34.7 Å². The number of carbonyl (C=O) groups excluding carboxylic acids is 1. The highest BCUT2D eigenvalue weighted by atomic mass is 32.1. The van der Waals surface area contributed by atoms with Gasteiger partial charge in [-0.3, -0.25) is 9.89 Å². The number of rotatable bonds is 4. The number of nitrogens with one attached hydrogen (secondary N) is 2. The highest BCUT2D eigenvalue weighted by Gasteiger charge is 2.16. The Balaban J connectivity index is 1.29. The first-order chi connectivity index (χ1) is 16.1. The first kappa shape index (κ1) is 19.5. The molecule has 6 aromatic rings. The molecule has 0 saturated carbocycles. The van der Waals surface area contributed by atoms with Gasteiger partial charge in [0.05, 0.1) is 29.6 Å². The third kappa shape index (κ3) is 3.31. The number of nitrogens with zero attached hydrogens (tertiary/aromatic N) is 6. The number of H-pyrrole nitrogens is 1. The van der Waals surface area contributed by atoms with E-state index in [0.717, 1.165) is 43.0 Å². The van der Waals surface area contributed by atoms with Gasteiger partial charge in [0, 0.05) is 18.2 Å². The molecule has 0 unspecified atom stereocenters. The van der Waals surface area contributed by atoms with Crippen molar-refractivity contribution in [1.82, 2.24) is 40.2 Å². The van der Waals surface area contributed by atoms with Crippen molar-refractivity contribution in [3.8, 4) is 10.6 Å². The van der Waals surface area contributed by atoms with Crippen LogP contribution < -0.4 is 5.32 Å². The lowest BCUT2D eigenvalue weighted by Crippen LogP contribution is -2.26. The maximum Gasteiger partial charge on any atom is 0.251 e. The van der Waals surface area contributed by atoms with Crippen molar-refractivity contribution >= 4 is 49.7 Å². The zero-order valence-electron chi connectivity index (χ0n) is 17.8. The highest BCUT2D eigenvalue weighted by Crippen LogP contribution is 2.33.